The summed E-state index contributed by atoms with van der Waals surface area (Å²) >= 11 is 0. The third-order valence-corrected chi connectivity index (χ3v) is 9.42. The van der Waals surface area contributed by atoms with Crippen LogP contribution in [0.4, 0.5) is 10.1 Å². The Morgan fingerprint density at radius 1 is 0.951 bits per heavy atom. The first-order valence-corrected chi connectivity index (χ1v) is 15.5. The largest absolute Gasteiger partial charge is 0.352 e. The van der Waals surface area contributed by atoms with Crippen molar-refractivity contribution in [3.8, 4) is 0 Å². The predicted octanol–water partition coefficient (Wildman–Crippen LogP) is 5.50. The Kier molecular flexibility index (Phi) is 9.81. The number of halogens is 1. The van der Waals surface area contributed by atoms with E-state index in [0.717, 1.165) is 42.0 Å². The molecule has 1 atom stereocenters. The molecule has 3 aromatic carbocycles. The molecule has 41 heavy (non-hydrogen) atoms. The third-order valence-electron chi connectivity index (χ3n) is 7.65. The Bertz CT molecular complexity index is 1470. The lowest BCUT2D eigenvalue weighted by molar-refractivity contribution is -0.139. The third kappa shape index (κ3) is 7.33. The van der Waals surface area contributed by atoms with Crippen LogP contribution in [0.3, 0.4) is 0 Å². The van der Waals surface area contributed by atoms with Gasteiger partial charge in [-0.05, 0) is 63.4 Å². The van der Waals surface area contributed by atoms with Gasteiger partial charge in [-0.2, -0.15) is 0 Å². The van der Waals surface area contributed by atoms with Crippen molar-refractivity contribution in [2.24, 2.45) is 0 Å². The Morgan fingerprint density at radius 3 is 2.27 bits per heavy atom. The van der Waals surface area contributed by atoms with Crippen molar-refractivity contribution in [1.82, 2.24) is 10.2 Å². The smallest absolute Gasteiger partial charge is 0.264 e. The lowest BCUT2D eigenvalue weighted by Gasteiger charge is -2.33. The van der Waals surface area contributed by atoms with E-state index >= 15 is 0 Å². The van der Waals surface area contributed by atoms with E-state index in [2.05, 4.69) is 5.32 Å². The highest BCUT2D eigenvalue weighted by atomic mass is 32.2. The molecular weight excluding hydrogens is 541 g/mol. The first-order valence-electron chi connectivity index (χ1n) is 14.1. The molecule has 0 spiro atoms. The van der Waals surface area contributed by atoms with Gasteiger partial charge in [-0.1, -0.05) is 73.4 Å². The minimum Gasteiger partial charge on any atom is -0.352 e. The first-order chi connectivity index (χ1) is 19.6. The second-order valence-electron chi connectivity index (χ2n) is 10.7. The fraction of sp³-hybridized carbons (Fsp3) is 0.375. The number of rotatable bonds is 10. The van der Waals surface area contributed by atoms with Crippen LogP contribution >= 0.6 is 0 Å². The summed E-state index contributed by atoms with van der Waals surface area (Å²) < 4.78 is 43.7. The fourth-order valence-electron chi connectivity index (χ4n) is 5.28. The topological polar surface area (TPSA) is 86.8 Å². The summed E-state index contributed by atoms with van der Waals surface area (Å²) in [4.78, 5) is 28.7. The van der Waals surface area contributed by atoms with Crippen LogP contribution < -0.4 is 9.62 Å². The van der Waals surface area contributed by atoms with Gasteiger partial charge in [0, 0.05) is 18.2 Å². The SMILES string of the molecule is Cc1ccc(N(CC(=O)N(Cc2ccccc2F)C(C)C(=O)NC2CCCCC2)S(=O)(=O)c2ccccc2)c(C)c1. The van der Waals surface area contributed by atoms with Crippen LogP contribution in [-0.4, -0.2) is 43.8 Å². The Hall–Kier alpha value is -3.72. The number of benzene rings is 3. The number of carbonyl (C=O) groups excluding carboxylic acids is 2. The monoisotopic (exact) mass is 579 g/mol. The molecule has 0 aliphatic heterocycles. The molecule has 4 rings (SSSR count). The highest BCUT2D eigenvalue weighted by molar-refractivity contribution is 7.92. The van der Waals surface area contributed by atoms with E-state index in [1.165, 1.54) is 23.1 Å². The molecule has 1 aliphatic carbocycles. The number of nitrogens with zero attached hydrogens (tertiary/aromatic N) is 2. The zero-order chi connectivity index (χ0) is 29.6. The molecule has 7 nitrogen and oxygen atoms in total. The van der Waals surface area contributed by atoms with Crippen LogP contribution in [0.1, 0.15) is 55.7 Å². The van der Waals surface area contributed by atoms with Crippen molar-refractivity contribution in [1.29, 1.82) is 0 Å². The molecule has 9 heteroatoms. The van der Waals surface area contributed by atoms with Crippen molar-refractivity contribution in [3.63, 3.8) is 0 Å². The minimum absolute atomic E-state index is 0.0225. The van der Waals surface area contributed by atoms with Gasteiger partial charge in [-0.25, -0.2) is 12.8 Å². The van der Waals surface area contributed by atoms with Gasteiger partial charge < -0.3 is 10.2 Å². The van der Waals surface area contributed by atoms with Gasteiger partial charge in [0.2, 0.25) is 11.8 Å². The van der Waals surface area contributed by atoms with Crippen LogP contribution in [0.25, 0.3) is 0 Å². The zero-order valence-corrected chi connectivity index (χ0v) is 24.7. The quantitative estimate of drug-likeness (QED) is 0.344. The van der Waals surface area contributed by atoms with E-state index in [-0.39, 0.29) is 29.0 Å². The molecule has 1 fully saturated rings. The number of carbonyl (C=O) groups is 2. The average molecular weight is 580 g/mol. The molecule has 2 amide bonds. The van der Waals surface area contributed by atoms with Gasteiger partial charge in [0.25, 0.3) is 10.0 Å². The lowest BCUT2D eigenvalue weighted by atomic mass is 9.95. The Labute approximate surface area is 242 Å². The molecule has 0 heterocycles. The van der Waals surface area contributed by atoms with Gasteiger partial charge >= 0.3 is 0 Å². The second kappa shape index (κ2) is 13.3. The van der Waals surface area contributed by atoms with Crippen LogP contribution in [0.5, 0.6) is 0 Å². The molecule has 1 N–H and O–H groups in total. The number of hydrogen-bond donors (Lipinski definition) is 1. The number of sulfonamides is 1. The summed E-state index contributed by atoms with van der Waals surface area (Å²) in [6, 6.07) is 18.4. The minimum atomic E-state index is -4.16. The van der Waals surface area contributed by atoms with Crippen LogP contribution in [-0.2, 0) is 26.2 Å². The van der Waals surface area contributed by atoms with Crippen molar-refractivity contribution in [2.45, 2.75) is 76.4 Å². The van der Waals surface area contributed by atoms with E-state index in [0.29, 0.717) is 11.3 Å². The summed E-state index contributed by atoms with van der Waals surface area (Å²) in [6.07, 6.45) is 4.92. The van der Waals surface area contributed by atoms with E-state index in [1.807, 2.05) is 13.0 Å². The maximum Gasteiger partial charge on any atom is 0.264 e. The lowest BCUT2D eigenvalue weighted by Crippen LogP contribution is -2.53. The molecule has 1 saturated carbocycles. The second-order valence-corrected chi connectivity index (χ2v) is 12.6. The maximum absolute atomic E-state index is 14.7. The van der Waals surface area contributed by atoms with E-state index in [9.17, 15) is 22.4 Å². The van der Waals surface area contributed by atoms with Crippen molar-refractivity contribution >= 4 is 27.5 Å². The highest BCUT2D eigenvalue weighted by Gasteiger charge is 2.34. The summed E-state index contributed by atoms with van der Waals surface area (Å²) in [5.41, 5.74) is 2.23. The molecule has 0 bridgehead atoms. The molecule has 0 radical (unpaired) electrons. The first kappa shape index (κ1) is 30.2. The van der Waals surface area contributed by atoms with Crippen LogP contribution in [0.15, 0.2) is 77.7 Å². The standard InChI is InChI=1S/C32H38FN3O4S/c1-23-18-19-30(24(2)20-23)36(41(39,40)28-15-8-5-9-16-28)22-31(37)35(21-26-12-10-11-17-29(26)33)25(3)32(38)34-27-13-6-4-7-14-27/h5,8-12,15-20,25,27H,4,6-7,13-14,21-22H2,1-3H3,(H,34,38). The number of amides is 2. The summed E-state index contributed by atoms with van der Waals surface area (Å²) in [7, 11) is -4.16. The van der Waals surface area contributed by atoms with E-state index < -0.39 is 34.3 Å². The average Bonchev–Trinajstić information content (AvgIpc) is 2.96. The summed E-state index contributed by atoms with van der Waals surface area (Å²) in [6.45, 7) is 4.55. The van der Waals surface area contributed by atoms with Crippen LogP contribution in [0, 0.1) is 19.7 Å². The fourth-order valence-corrected chi connectivity index (χ4v) is 6.78. The Balaban J connectivity index is 1.70. The van der Waals surface area contributed by atoms with Crippen molar-refractivity contribution < 1.29 is 22.4 Å². The molecule has 3 aromatic rings. The van der Waals surface area contributed by atoms with Crippen molar-refractivity contribution in [2.75, 3.05) is 10.8 Å². The van der Waals surface area contributed by atoms with Crippen molar-refractivity contribution in [3.05, 3.63) is 95.3 Å². The van der Waals surface area contributed by atoms with E-state index in [4.69, 9.17) is 0 Å². The number of anilines is 1. The highest BCUT2D eigenvalue weighted by Crippen LogP contribution is 2.28. The molecule has 1 unspecified atom stereocenters. The molecular formula is C32H38FN3O4S. The van der Waals surface area contributed by atoms with Gasteiger partial charge in [0.05, 0.1) is 10.6 Å². The molecule has 1 aliphatic rings. The van der Waals surface area contributed by atoms with Crippen LogP contribution in [0.2, 0.25) is 0 Å². The number of aryl methyl sites for hydroxylation is 2. The number of nitrogens with one attached hydrogen (secondary N) is 1. The molecule has 0 saturated heterocycles. The zero-order valence-electron chi connectivity index (χ0n) is 23.8. The normalized spacial score (nSPS) is 14.7. The summed E-state index contributed by atoms with van der Waals surface area (Å²) in [5, 5.41) is 3.05. The molecule has 218 valence electrons. The van der Waals surface area contributed by atoms with Gasteiger partial charge in [-0.3, -0.25) is 13.9 Å². The predicted molar refractivity (Wildman–Crippen MR) is 158 cm³/mol. The number of hydrogen-bond acceptors (Lipinski definition) is 4. The van der Waals surface area contributed by atoms with Gasteiger partial charge in [0.1, 0.15) is 18.4 Å². The Morgan fingerprint density at radius 2 is 1.61 bits per heavy atom. The van der Waals surface area contributed by atoms with Gasteiger partial charge in [-0.15, -0.1) is 0 Å². The van der Waals surface area contributed by atoms with E-state index in [1.54, 1.807) is 62.4 Å². The summed E-state index contributed by atoms with van der Waals surface area (Å²) in [5.74, 6) is -1.46. The maximum atomic E-state index is 14.7. The molecule has 0 aromatic heterocycles. The van der Waals surface area contributed by atoms with Gasteiger partial charge in [0.15, 0.2) is 0 Å².